The van der Waals surface area contributed by atoms with Crippen LogP contribution in [0.5, 0.6) is 0 Å². The molecule has 8 aromatic rings. The van der Waals surface area contributed by atoms with Gasteiger partial charge in [0.2, 0.25) is 0 Å². The minimum Gasteiger partial charge on any atom is -0.310 e. The van der Waals surface area contributed by atoms with Crippen LogP contribution in [0.3, 0.4) is 0 Å². The number of thiophene rings is 2. The van der Waals surface area contributed by atoms with E-state index in [1.54, 1.807) is 0 Å². The number of para-hydroxylation sites is 3. The maximum atomic E-state index is 2.44. The molecule has 0 aliphatic heterocycles. The minimum atomic E-state index is 1.13. The van der Waals surface area contributed by atoms with E-state index in [0.717, 1.165) is 29.9 Å². The number of allylic oxidation sites excluding steroid dienone is 1. The monoisotopic (exact) mass is 626 g/mol. The van der Waals surface area contributed by atoms with Crippen molar-refractivity contribution in [1.82, 2.24) is 0 Å². The zero-order valence-electron chi connectivity index (χ0n) is 25.1. The Balaban J connectivity index is 1.28. The Morgan fingerprint density at radius 3 is 1.80 bits per heavy atom. The molecule has 1 aliphatic carbocycles. The Hall–Kier alpha value is -5.16. The number of hydrogen-bond acceptors (Lipinski definition) is 4. The van der Waals surface area contributed by atoms with Crippen LogP contribution in [0.25, 0.3) is 36.3 Å². The highest BCUT2D eigenvalue weighted by atomic mass is 32.1. The normalized spacial score (nSPS) is 12.5. The molecule has 0 fully saturated rings. The number of fused-ring (bicyclic) bond motifs is 6. The molecule has 220 valence electrons. The Bertz CT molecular complexity index is 2330. The molecule has 0 bridgehead atoms. The Morgan fingerprint density at radius 2 is 1.11 bits per heavy atom. The molecule has 0 unspecified atom stereocenters. The zero-order valence-corrected chi connectivity index (χ0v) is 26.8. The summed E-state index contributed by atoms with van der Waals surface area (Å²) in [5.41, 5.74) is 8.39. The SMILES string of the molecule is C1=Cc2c(sc3ccc(N(c4ccccc4)c4cccc5c4sc4cccc(N(c6ccccc6)c6ccccc6)c45)cc23)CC1. The van der Waals surface area contributed by atoms with Gasteiger partial charge >= 0.3 is 0 Å². The summed E-state index contributed by atoms with van der Waals surface area (Å²) in [5.74, 6) is 0. The van der Waals surface area contributed by atoms with Crippen molar-refractivity contribution in [2.45, 2.75) is 12.8 Å². The van der Waals surface area contributed by atoms with Gasteiger partial charge in [0.25, 0.3) is 0 Å². The van der Waals surface area contributed by atoms with Crippen molar-refractivity contribution < 1.29 is 0 Å². The standard InChI is InChI=1S/C42H30N2S2/c1-4-14-29(15-5-1)43(30-16-6-2-7-17-30)36-22-13-25-40-41(36)34-21-12-23-37(42(34)46-40)44(31-18-8-3-9-19-31)32-26-27-39-35(28-32)33-20-10-11-24-38(33)45-39/h1-10,12-23,25-28H,11,24H2. The predicted molar refractivity (Wildman–Crippen MR) is 201 cm³/mol. The molecule has 0 N–H and O–H groups in total. The largest absolute Gasteiger partial charge is 0.310 e. The first-order valence-electron chi connectivity index (χ1n) is 15.8. The molecule has 0 saturated carbocycles. The van der Waals surface area contributed by atoms with Crippen LogP contribution in [0.4, 0.5) is 34.1 Å². The summed E-state index contributed by atoms with van der Waals surface area (Å²) in [4.78, 5) is 6.33. The van der Waals surface area contributed by atoms with Crippen LogP contribution in [0.1, 0.15) is 16.9 Å². The van der Waals surface area contributed by atoms with Gasteiger partial charge in [0, 0.05) is 53.2 Å². The van der Waals surface area contributed by atoms with Crippen LogP contribution in [-0.2, 0) is 6.42 Å². The first-order chi connectivity index (χ1) is 22.8. The van der Waals surface area contributed by atoms with Crippen molar-refractivity contribution in [2.75, 3.05) is 9.80 Å². The van der Waals surface area contributed by atoms with E-state index in [-0.39, 0.29) is 0 Å². The molecule has 0 spiro atoms. The topological polar surface area (TPSA) is 6.48 Å². The van der Waals surface area contributed by atoms with Gasteiger partial charge in [-0.1, -0.05) is 84.9 Å². The van der Waals surface area contributed by atoms with E-state index >= 15 is 0 Å². The van der Waals surface area contributed by atoms with E-state index in [0.29, 0.717) is 0 Å². The van der Waals surface area contributed by atoms with E-state index in [2.05, 4.69) is 168 Å². The number of aryl methyl sites for hydroxylation is 1. The van der Waals surface area contributed by atoms with Gasteiger partial charge in [-0.25, -0.2) is 0 Å². The van der Waals surface area contributed by atoms with Crippen molar-refractivity contribution in [3.05, 3.63) is 162 Å². The van der Waals surface area contributed by atoms with Crippen molar-refractivity contribution in [1.29, 1.82) is 0 Å². The maximum Gasteiger partial charge on any atom is 0.0640 e. The molecule has 0 amide bonds. The van der Waals surface area contributed by atoms with Crippen LogP contribution in [0.15, 0.2) is 152 Å². The Kier molecular flexibility index (Phi) is 6.69. The minimum absolute atomic E-state index is 1.13. The Morgan fingerprint density at radius 1 is 0.478 bits per heavy atom. The number of nitrogens with zero attached hydrogens (tertiary/aromatic N) is 2. The first-order valence-corrected chi connectivity index (χ1v) is 17.4. The summed E-state index contributed by atoms with van der Waals surface area (Å²) >= 11 is 3.82. The van der Waals surface area contributed by atoms with Crippen LogP contribution >= 0.6 is 22.7 Å². The smallest absolute Gasteiger partial charge is 0.0640 e. The van der Waals surface area contributed by atoms with E-state index in [1.165, 1.54) is 57.8 Å². The molecule has 4 heteroatoms. The maximum absolute atomic E-state index is 2.44. The van der Waals surface area contributed by atoms with Gasteiger partial charge in [0.1, 0.15) is 0 Å². The van der Waals surface area contributed by atoms with E-state index in [9.17, 15) is 0 Å². The number of rotatable bonds is 6. The summed E-state index contributed by atoms with van der Waals surface area (Å²) in [7, 11) is 0. The quantitative estimate of drug-likeness (QED) is 0.181. The van der Waals surface area contributed by atoms with Gasteiger partial charge in [-0.05, 0) is 91.2 Å². The fourth-order valence-electron chi connectivity index (χ4n) is 6.84. The van der Waals surface area contributed by atoms with Crippen LogP contribution in [0, 0.1) is 0 Å². The molecule has 0 radical (unpaired) electrons. The molecular formula is C42H30N2S2. The zero-order chi connectivity index (χ0) is 30.5. The summed E-state index contributed by atoms with van der Waals surface area (Å²) in [5, 5.41) is 3.89. The highest BCUT2D eigenvalue weighted by Gasteiger charge is 2.23. The van der Waals surface area contributed by atoms with Crippen LogP contribution < -0.4 is 9.80 Å². The molecule has 0 saturated heterocycles. The van der Waals surface area contributed by atoms with Gasteiger partial charge in [0.15, 0.2) is 0 Å². The third-order valence-electron chi connectivity index (χ3n) is 8.87. The fraction of sp³-hybridized carbons (Fsp3) is 0.0476. The van der Waals surface area contributed by atoms with Gasteiger partial charge in [-0.3, -0.25) is 0 Å². The molecular weight excluding hydrogens is 597 g/mol. The van der Waals surface area contributed by atoms with Gasteiger partial charge in [-0.15, -0.1) is 22.7 Å². The van der Waals surface area contributed by atoms with E-state index in [4.69, 9.17) is 0 Å². The lowest BCUT2D eigenvalue weighted by Gasteiger charge is -2.27. The molecule has 46 heavy (non-hydrogen) atoms. The third kappa shape index (κ3) is 4.53. The summed E-state index contributed by atoms with van der Waals surface area (Å²) in [6.07, 6.45) is 6.91. The van der Waals surface area contributed by atoms with Crippen LogP contribution in [-0.4, -0.2) is 0 Å². The van der Waals surface area contributed by atoms with Crippen molar-refractivity contribution >= 4 is 93.1 Å². The fourth-order valence-corrected chi connectivity index (χ4v) is 9.26. The molecule has 2 aromatic heterocycles. The van der Waals surface area contributed by atoms with Crippen molar-refractivity contribution in [2.24, 2.45) is 0 Å². The Labute approximate surface area is 276 Å². The molecule has 2 heterocycles. The van der Waals surface area contributed by atoms with Crippen LogP contribution in [0.2, 0.25) is 0 Å². The summed E-state index contributed by atoms with van der Waals surface area (Å²) < 4.78 is 3.92. The van der Waals surface area contributed by atoms with Crippen molar-refractivity contribution in [3.8, 4) is 0 Å². The lowest BCUT2D eigenvalue weighted by molar-refractivity contribution is 1.02. The second-order valence-electron chi connectivity index (χ2n) is 11.6. The molecule has 9 rings (SSSR count). The second-order valence-corrected chi connectivity index (χ2v) is 13.8. The lowest BCUT2D eigenvalue weighted by atomic mass is 10.0. The first kappa shape index (κ1) is 27.2. The molecule has 0 atom stereocenters. The van der Waals surface area contributed by atoms with Crippen molar-refractivity contribution in [3.63, 3.8) is 0 Å². The highest BCUT2D eigenvalue weighted by Crippen LogP contribution is 2.49. The predicted octanol–water partition coefficient (Wildman–Crippen LogP) is 13.2. The van der Waals surface area contributed by atoms with E-state index in [1.807, 2.05) is 22.7 Å². The molecule has 2 nitrogen and oxygen atoms in total. The molecule has 6 aromatic carbocycles. The van der Waals surface area contributed by atoms with Gasteiger partial charge in [0.05, 0.1) is 16.1 Å². The second kappa shape index (κ2) is 11.3. The summed E-state index contributed by atoms with van der Waals surface area (Å²) in [6.45, 7) is 0. The van der Waals surface area contributed by atoms with Gasteiger partial charge < -0.3 is 9.80 Å². The molecule has 1 aliphatic rings. The number of benzene rings is 6. The third-order valence-corrected chi connectivity index (χ3v) is 11.3. The van der Waals surface area contributed by atoms with E-state index < -0.39 is 0 Å². The average molecular weight is 627 g/mol. The lowest BCUT2D eigenvalue weighted by Crippen LogP contribution is -2.10. The highest BCUT2D eigenvalue weighted by molar-refractivity contribution is 7.26. The number of hydrogen-bond donors (Lipinski definition) is 0. The summed E-state index contributed by atoms with van der Waals surface area (Å²) in [6, 6.07) is 52.7. The average Bonchev–Trinajstić information content (AvgIpc) is 3.69. The number of anilines is 6. The van der Waals surface area contributed by atoms with Gasteiger partial charge in [-0.2, -0.15) is 0 Å².